The van der Waals surface area contributed by atoms with Gasteiger partial charge in [0.25, 0.3) is 5.91 Å². The van der Waals surface area contributed by atoms with Gasteiger partial charge in [-0.25, -0.2) is 0 Å². The molecule has 0 radical (unpaired) electrons. The molecule has 3 nitrogen and oxygen atoms in total. The van der Waals surface area contributed by atoms with Gasteiger partial charge in [0, 0.05) is 6.54 Å². The van der Waals surface area contributed by atoms with Crippen molar-refractivity contribution in [2.24, 2.45) is 0 Å². The van der Waals surface area contributed by atoms with Crippen LogP contribution in [-0.2, 0) is 0 Å². The number of amides is 1. The quantitative estimate of drug-likeness (QED) is 0.860. The highest BCUT2D eigenvalue weighted by Crippen LogP contribution is 2.23. The first-order valence-electron chi connectivity index (χ1n) is 4.42. The summed E-state index contributed by atoms with van der Waals surface area (Å²) >= 11 is 11.7. The lowest BCUT2D eigenvalue weighted by molar-refractivity contribution is 0.0924. The van der Waals surface area contributed by atoms with Crippen molar-refractivity contribution in [1.29, 1.82) is 0 Å². The third kappa shape index (κ3) is 3.38. The minimum atomic E-state index is -0.602. The van der Waals surface area contributed by atoms with Crippen LogP contribution in [0, 0.1) is 0 Å². The second kappa shape index (κ2) is 5.35. The highest BCUT2D eigenvalue weighted by molar-refractivity contribution is 6.39. The largest absolute Gasteiger partial charge is 0.392 e. The van der Waals surface area contributed by atoms with Crippen LogP contribution >= 0.6 is 23.2 Å². The van der Waals surface area contributed by atoms with E-state index < -0.39 is 6.10 Å². The van der Waals surface area contributed by atoms with Crippen LogP contribution < -0.4 is 5.32 Å². The Kier molecular flexibility index (Phi) is 4.39. The normalized spacial score (nSPS) is 12.3. The van der Waals surface area contributed by atoms with E-state index in [0.29, 0.717) is 10.0 Å². The predicted octanol–water partition coefficient (Wildman–Crippen LogP) is 2.10. The van der Waals surface area contributed by atoms with Crippen molar-refractivity contribution in [2.75, 3.05) is 6.54 Å². The fourth-order valence-electron chi connectivity index (χ4n) is 1.04. The van der Waals surface area contributed by atoms with E-state index in [9.17, 15) is 4.79 Å². The molecule has 0 unspecified atom stereocenters. The van der Waals surface area contributed by atoms with Crippen LogP contribution in [0.3, 0.4) is 0 Å². The van der Waals surface area contributed by atoms with E-state index in [4.69, 9.17) is 28.3 Å². The third-order valence-electron chi connectivity index (χ3n) is 1.75. The molecule has 1 aromatic rings. The minimum absolute atomic E-state index is 0.167. The van der Waals surface area contributed by atoms with E-state index in [1.54, 1.807) is 25.1 Å². The van der Waals surface area contributed by atoms with Gasteiger partial charge in [-0.15, -0.1) is 0 Å². The Morgan fingerprint density at radius 3 is 2.47 bits per heavy atom. The maximum Gasteiger partial charge on any atom is 0.254 e. The van der Waals surface area contributed by atoms with Crippen LogP contribution in [0.1, 0.15) is 17.3 Å². The van der Waals surface area contributed by atoms with Crippen molar-refractivity contribution < 1.29 is 9.90 Å². The summed E-state index contributed by atoms with van der Waals surface area (Å²) in [5.74, 6) is -0.383. The van der Waals surface area contributed by atoms with Gasteiger partial charge in [0.15, 0.2) is 0 Å². The number of hydrogen-bond acceptors (Lipinski definition) is 2. The van der Waals surface area contributed by atoms with Crippen LogP contribution in [0.25, 0.3) is 0 Å². The molecule has 5 heteroatoms. The molecule has 0 aliphatic carbocycles. The Morgan fingerprint density at radius 2 is 2.00 bits per heavy atom. The van der Waals surface area contributed by atoms with Crippen molar-refractivity contribution in [3.05, 3.63) is 33.8 Å². The molecular formula is C10H11Cl2NO2. The number of aliphatic hydroxyl groups excluding tert-OH is 1. The smallest absolute Gasteiger partial charge is 0.254 e. The minimum Gasteiger partial charge on any atom is -0.392 e. The molecule has 1 atom stereocenters. The van der Waals surface area contributed by atoms with Gasteiger partial charge < -0.3 is 10.4 Å². The molecule has 0 saturated heterocycles. The summed E-state index contributed by atoms with van der Waals surface area (Å²) in [6.07, 6.45) is -0.602. The van der Waals surface area contributed by atoms with E-state index in [1.165, 1.54) is 0 Å². The standard InChI is InChI=1S/C10H11Cl2NO2/c1-6(14)5-13-10(15)9-7(11)3-2-4-8(9)12/h2-4,6,14H,5H2,1H3,(H,13,15)/t6-/m0/s1. The molecule has 0 bridgehead atoms. The van der Waals surface area contributed by atoms with Gasteiger partial charge in [-0.1, -0.05) is 29.3 Å². The zero-order valence-electron chi connectivity index (χ0n) is 8.13. The molecule has 0 aliphatic rings. The first-order valence-corrected chi connectivity index (χ1v) is 5.18. The zero-order valence-corrected chi connectivity index (χ0v) is 9.64. The molecule has 0 saturated carbocycles. The number of halogens is 2. The Hall–Kier alpha value is -0.770. The predicted molar refractivity (Wildman–Crippen MR) is 60.5 cm³/mol. The van der Waals surface area contributed by atoms with E-state index in [-0.39, 0.29) is 18.0 Å². The summed E-state index contributed by atoms with van der Waals surface area (Å²) in [4.78, 5) is 11.6. The second-order valence-corrected chi connectivity index (χ2v) is 3.97. The number of carbonyl (C=O) groups excluding carboxylic acids is 1. The van der Waals surface area contributed by atoms with E-state index in [1.807, 2.05) is 0 Å². The topological polar surface area (TPSA) is 49.3 Å². The maximum absolute atomic E-state index is 11.6. The summed E-state index contributed by atoms with van der Waals surface area (Å²) in [5.41, 5.74) is 0.237. The zero-order chi connectivity index (χ0) is 11.4. The first kappa shape index (κ1) is 12.3. The Balaban J connectivity index is 2.82. The van der Waals surface area contributed by atoms with Gasteiger partial charge in [0.05, 0.1) is 21.7 Å². The summed E-state index contributed by atoms with van der Waals surface area (Å²) in [7, 11) is 0. The van der Waals surface area contributed by atoms with Crippen LogP contribution in [0.15, 0.2) is 18.2 Å². The molecule has 82 valence electrons. The molecule has 0 fully saturated rings. The Morgan fingerprint density at radius 1 is 1.47 bits per heavy atom. The van der Waals surface area contributed by atoms with Crippen LogP contribution in [0.2, 0.25) is 10.0 Å². The monoisotopic (exact) mass is 247 g/mol. The molecule has 0 spiro atoms. The second-order valence-electron chi connectivity index (χ2n) is 3.16. The van der Waals surface area contributed by atoms with Gasteiger partial charge >= 0.3 is 0 Å². The highest BCUT2D eigenvalue weighted by Gasteiger charge is 2.14. The number of rotatable bonds is 3. The molecule has 1 rings (SSSR count). The molecule has 0 heterocycles. The van der Waals surface area contributed by atoms with Crippen LogP contribution in [0.5, 0.6) is 0 Å². The number of hydrogen-bond donors (Lipinski definition) is 2. The van der Waals surface area contributed by atoms with E-state index in [2.05, 4.69) is 5.32 Å². The van der Waals surface area contributed by atoms with Gasteiger partial charge in [0.2, 0.25) is 0 Å². The molecule has 1 aromatic carbocycles. The summed E-state index contributed by atoms with van der Waals surface area (Å²) in [5, 5.41) is 12.1. The number of benzene rings is 1. The lowest BCUT2D eigenvalue weighted by Crippen LogP contribution is -2.30. The van der Waals surface area contributed by atoms with Crippen LogP contribution in [-0.4, -0.2) is 23.7 Å². The fourth-order valence-corrected chi connectivity index (χ4v) is 1.61. The molecule has 15 heavy (non-hydrogen) atoms. The van der Waals surface area contributed by atoms with Gasteiger partial charge in [-0.3, -0.25) is 4.79 Å². The average molecular weight is 248 g/mol. The SMILES string of the molecule is C[C@H](O)CNC(=O)c1c(Cl)cccc1Cl. The summed E-state index contributed by atoms with van der Waals surface area (Å²) < 4.78 is 0. The lowest BCUT2D eigenvalue weighted by Gasteiger charge is -2.09. The van der Waals surface area contributed by atoms with Gasteiger partial charge in [-0.2, -0.15) is 0 Å². The van der Waals surface area contributed by atoms with Crippen molar-refractivity contribution >= 4 is 29.1 Å². The lowest BCUT2D eigenvalue weighted by atomic mass is 10.2. The fraction of sp³-hybridized carbons (Fsp3) is 0.300. The first-order chi connectivity index (χ1) is 7.02. The molecule has 1 amide bonds. The Labute approximate surface area is 98.0 Å². The highest BCUT2D eigenvalue weighted by atomic mass is 35.5. The molecule has 0 aliphatic heterocycles. The van der Waals surface area contributed by atoms with E-state index in [0.717, 1.165) is 0 Å². The number of carbonyl (C=O) groups is 1. The molecule has 2 N–H and O–H groups in total. The summed E-state index contributed by atoms with van der Waals surface area (Å²) in [6.45, 7) is 1.74. The van der Waals surface area contributed by atoms with Crippen molar-refractivity contribution in [1.82, 2.24) is 5.32 Å². The van der Waals surface area contributed by atoms with Crippen molar-refractivity contribution in [3.63, 3.8) is 0 Å². The molecular weight excluding hydrogens is 237 g/mol. The maximum atomic E-state index is 11.6. The van der Waals surface area contributed by atoms with Crippen molar-refractivity contribution in [2.45, 2.75) is 13.0 Å². The van der Waals surface area contributed by atoms with Crippen molar-refractivity contribution in [3.8, 4) is 0 Å². The van der Waals surface area contributed by atoms with Crippen LogP contribution in [0.4, 0.5) is 0 Å². The average Bonchev–Trinajstić information content (AvgIpc) is 2.14. The molecule has 0 aromatic heterocycles. The Bertz CT molecular complexity index is 346. The van der Waals surface area contributed by atoms with Gasteiger partial charge in [0.1, 0.15) is 0 Å². The number of aliphatic hydroxyl groups is 1. The van der Waals surface area contributed by atoms with E-state index >= 15 is 0 Å². The summed E-state index contributed by atoms with van der Waals surface area (Å²) in [6, 6.07) is 4.84. The number of nitrogens with one attached hydrogen (secondary N) is 1. The third-order valence-corrected chi connectivity index (χ3v) is 2.38. The van der Waals surface area contributed by atoms with Gasteiger partial charge in [-0.05, 0) is 19.1 Å².